The zero-order valence-corrected chi connectivity index (χ0v) is 13.0. The minimum atomic E-state index is -0.281. The topological polar surface area (TPSA) is 29.5 Å². The van der Waals surface area contributed by atoms with Crippen LogP contribution >= 0.6 is 0 Å². The lowest BCUT2D eigenvalue weighted by Crippen LogP contribution is -1.99. The predicted octanol–water partition coefficient (Wildman–Crippen LogP) is 4.84. The van der Waals surface area contributed by atoms with Crippen molar-refractivity contribution in [1.82, 2.24) is 0 Å². The molecule has 0 spiro atoms. The number of aliphatic hydroxyl groups is 1. The molecule has 1 unspecified atom stereocenters. The van der Waals surface area contributed by atoms with Crippen molar-refractivity contribution in [2.24, 2.45) is 0 Å². The van der Waals surface area contributed by atoms with E-state index in [0.29, 0.717) is 0 Å². The van der Waals surface area contributed by atoms with E-state index in [1.54, 1.807) is 13.2 Å². The minimum absolute atomic E-state index is 0.281. The Morgan fingerprint density at radius 3 is 2.35 bits per heavy atom. The fourth-order valence-corrected chi connectivity index (χ4v) is 1.63. The van der Waals surface area contributed by atoms with Gasteiger partial charge in [0.15, 0.2) is 0 Å². The van der Waals surface area contributed by atoms with Gasteiger partial charge >= 0.3 is 0 Å². The summed E-state index contributed by atoms with van der Waals surface area (Å²) in [5.74, 6) is 0.901. The fourth-order valence-electron chi connectivity index (χ4n) is 1.63. The molecule has 0 radical (unpaired) electrons. The van der Waals surface area contributed by atoms with Crippen LogP contribution < -0.4 is 4.74 Å². The molecular formula is C18H28O2. The lowest BCUT2D eigenvalue weighted by molar-refractivity contribution is 0.208. The Kier molecular flexibility index (Phi) is 11.5. The summed E-state index contributed by atoms with van der Waals surface area (Å²) in [5, 5.41) is 8.97. The zero-order chi connectivity index (χ0) is 15.2. The monoisotopic (exact) mass is 276 g/mol. The number of rotatable bonds is 7. The van der Waals surface area contributed by atoms with Crippen LogP contribution in [0.4, 0.5) is 0 Å². The smallest absolute Gasteiger partial charge is 0.118 e. The van der Waals surface area contributed by atoms with Crippen LogP contribution in [0, 0.1) is 0 Å². The van der Waals surface area contributed by atoms with Crippen LogP contribution in [0.15, 0.2) is 43.0 Å². The van der Waals surface area contributed by atoms with Crippen LogP contribution in [0.1, 0.15) is 45.1 Å². The first-order chi connectivity index (χ1) is 9.67. The van der Waals surface area contributed by atoms with Gasteiger partial charge in [0, 0.05) is 0 Å². The second-order valence-electron chi connectivity index (χ2n) is 4.57. The lowest BCUT2D eigenvalue weighted by Gasteiger charge is -2.01. The standard InChI is InChI=1S/C10H12O.C8H16O/c1-3-4-9-5-7-10(11-2)8-6-9;1-3-5-6-7-8(9)4-2/h3-8H,1-2H3;4,8-9H,2-3,5-7H2,1H3. The van der Waals surface area contributed by atoms with Crippen LogP contribution in [0.5, 0.6) is 5.75 Å². The summed E-state index contributed by atoms with van der Waals surface area (Å²) in [6, 6.07) is 7.96. The summed E-state index contributed by atoms with van der Waals surface area (Å²) in [4.78, 5) is 0. The van der Waals surface area contributed by atoms with Crippen molar-refractivity contribution < 1.29 is 9.84 Å². The van der Waals surface area contributed by atoms with E-state index in [1.807, 2.05) is 37.3 Å². The van der Waals surface area contributed by atoms with E-state index in [4.69, 9.17) is 9.84 Å². The molecule has 0 aliphatic rings. The highest BCUT2D eigenvalue weighted by atomic mass is 16.5. The molecule has 0 bridgehead atoms. The highest BCUT2D eigenvalue weighted by molar-refractivity contribution is 5.50. The van der Waals surface area contributed by atoms with Crippen LogP contribution in [-0.4, -0.2) is 18.3 Å². The summed E-state index contributed by atoms with van der Waals surface area (Å²) in [6.07, 6.45) is 9.80. The number of hydrogen-bond donors (Lipinski definition) is 1. The van der Waals surface area contributed by atoms with Gasteiger partial charge in [0.05, 0.1) is 13.2 Å². The van der Waals surface area contributed by atoms with E-state index in [1.165, 1.54) is 18.4 Å². The Balaban J connectivity index is 0.000000370. The van der Waals surface area contributed by atoms with E-state index in [2.05, 4.69) is 19.6 Å². The molecule has 2 nitrogen and oxygen atoms in total. The number of ether oxygens (including phenoxy) is 1. The van der Waals surface area contributed by atoms with E-state index >= 15 is 0 Å². The first-order valence-corrected chi connectivity index (χ1v) is 7.25. The van der Waals surface area contributed by atoms with Gasteiger partial charge in [-0.25, -0.2) is 0 Å². The van der Waals surface area contributed by atoms with E-state index < -0.39 is 0 Å². The van der Waals surface area contributed by atoms with E-state index in [0.717, 1.165) is 18.6 Å². The lowest BCUT2D eigenvalue weighted by atomic mass is 10.1. The first-order valence-electron chi connectivity index (χ1n) is 7.25. The number of unbranched alkanes of at least 4 members (excludes halogenated alkanes) is 2. The quantitative estimate of drug-likeness (QED) is 0.570. The second kappa shape index (κ2) is 12.5. The molecule has 0 amide bonds. The van der Waals surface area contributed by atoms with Crippen molar-refractivity contribution in [1.29, 1.82) is 0 Å². The Labute approximate surface area is 123 Å². The molecule has 2 heteroatoms. The van der Waals surface area contributed by atoms with Gasteiger partial charge in [-0.15, -0.1) is 6.58 Å². The molecule has 0 aliphatic carbocycles. The SMILES string of the molecule is C=CC(O)CCCCC.CC=Cc1ccc(OC)cc1. The van der Waals surface area contributed by atoms with Crippen molar-refractivity contribution in [2.75, 3.05) is 7.11 Å². The fraction of sp³-hybridized carbons (Fsp3) is 0.444. The Bertz CT molecular complexity index is 366. The number of methoxy groups -OCH3 is 1. The largest absolute Gasteiger partial charge is 0.497 e. The highest BCUT2D eigenvalue weighted by Gasteiger charge is 1.94. The van der Waals surface area contributed by atoms with Gasteiger partial charge in [-0.1, -0.05) is 56.5 Å². The average Bonchev–Trinajstić information content (AvgIpc) is 2.49. The summed E-state index contributed by atoms with van der Waals surface area (Å²) in [7, 11) is 1.67. The average molecular weight is 276 g/mol. The summed E-state index contributed by atoms with van der Waals surface area (Å²) < 4.78 is 5.02. The van der Waals surface area contributed by atoms with Crippen molar-refractivity contribution >= 4 is 6.08 Å². The second-order valence-corrected chi connectivity index (χ2v) is 4.57. The molecule has 1 aromatic carbocycles. The molecule has 1 aromatic rings. The van der Waals surface area contributed by atoms with Crippen molar-refractivity contribution in [2.45, 2.75) is 45.6 Å². The van der Waals surface area contributed by atoms with Gasteiger partial charge < -0.3 is 9.84 Å². The molecule has 0 aliphatic heterocycles. The summed E-state index contributed by atoms with van der Waals surface area (Å²) in [5.41, 5.74) is 1.20. The molecule has 0 saturated carbocycles. The van der Waals surface area contributed by atoms with Gasteiger partial charge in [0.2, 0.25) is 0 Å². The zero-order valence-electron chi connectivity index (χ0n) is 13.0. The molecule has 112 valence electrons. The molecule has 1 atom stereocenters. The Morgan fingerprint density at radius 2 is 1.90 bits per heavy atom. The number of aliphatic hydroxyl groups excluding tert-OH is 1. The van der Waals surface area contributed by atoms with Crippen LogP contribution in [0.25, 0.3) is 6.08 Å². The highest BCUT2D eigenvalue weighted by Crippen LogP contribution is 2.11. The molecule has 0 fully saturated rings. The first kappa shape index (κ1) is 18.5. The molecular weight excluding hydrogens is 248 g/mol. The Morgan fingerprint density at radius 1 is 1.25 bits per heavy atom. The molecule has 0 heterocycles. The normalized spacial score (nSPS) is 11.6. The van der Waals surface area contributed by atoms with Crippen molar-refractivity contribution in [3.63, 3.8) is 0 Å². The third kappa shape index (κ3) is 9.40. The predicted molar refractivity (Wildman–Crippen MR) is 88.0 cm³/mol. The third-order valence-corrected chi connectivity index (χ3v) is 2.85. The molecule has 0 aromatic heterocycles. The maximum absolute atomic E-state index is 8.97. The van der Waals surface area contributed by atoms with Gasteiger partial charge in [-0.3, -0.25) is 0 Å². The number of hydrogen-bond acceptors (Lipinski definition) is 2. The van der Waals surface area contributed by atoms with Crippen LogP contribution in [0.3, 0.4) is 0 Å². The van der Waals surface area contributed by atoms with Crippen molar-refractivity contribution in [3.05, 3.63) is 48.6 Å². The summed E-state index contributed by atoms with van der Waals surface area (Å²) in [6.45, 7) is 7.65. The van der Waals surface area contributed by atoms with Gasteiger partial charge in [0.25, 0.3) is 0 Å². The van der Waals surface area contributed by atoms with Crippen LogP contribution in [0.2, 0.25) is 0 Å². The maximum Gasteiger partial charge on any atom is 0.118 e. The van der Waals surface area contributed by atoms with E-state index in [-0.39, 0.29) is 6.10 Å². The number of benzene rings is 1. The number of allylic oxidation sites excluding steroid dienone is 1. The third-order valence-electron chi connectivity index (χ3n) is 2.85. The maximum atomic E-state index is 8.97. The molecule has 1 N–H and O–H groups in total. The Hall–Kier alpha value is -1.54. The molecule has 0 saturated heterocycles. The molecule has 20 heavy (non-hydrogen) atoms. The van der Waals surface area contributed by atoms with E-state index in [9.17, 15) is 0 Å². The van der Waals surface area contributed by atoms with Crippen LogP contribution in [-0.2, 0) is 0 Å². The minimum Gasteiger partial charge on any atom is -0.497 e. The van der Waals surface area contributed by atoms with Gasteiger partial charge in [0.1, 0.15) is 5.75 Å². The van der Waals surface area contributed by atoms with Crippen molar-refractivity contribution in [3.8, 4) is 5.75 Å². The molecule has 1 rings (SSSR count). The summed E-state index contributed by atoms with van der Waals surface area (Å²) >= 11 is 0. The van der Waals surface area contributed by atoms with Gasteiger partial charge in [-0.2, -0.15) is 0 Å². The van der Waals surface area contributed by atoms with Gasteiger partial charge in [-0.05, 0) is 31.0 Å².